The van der Waals surface area contributed by atoms with Crippen LogP contribution >= 0.6 is 7.92 Å². The average molecular weight is 353 g/mol. The summed E-state index contributed by atoms with van der Waals surface area (Å²) in [5.74, 6) is 0. The predicted octanol–water partition coefficient (Wildman–Crippen LogP) is 6.56. The summed E-state index contributed by atoms with van der Waals surface area (Å²) in [6, 6.07) is 13.7. The molecule has 2 saturated carbocycles. The number of para-hydroxylation sites is 1. The molecule has 25 heavy (non-hydrogen) atoms. The molecule has 1 aromatic heterocycles. The molecule has 2 aliphatic rings. The number of rotatable bonds is 4. The van der Waals surface area contributed by atoms with Crippen molar-refractivity contribution in [3.63, 3.8) is 0 Å². The Hall–Kier alpha value is -1.07. The maximum atomic E-state index is 2.55. The lowest BCUT2D eigenvalue weighted by Gasteiger charge is -2.39. The molecule has 0 amide bonds. The quantitative estimate of drug-likeness (QED) is 0.549. The molecular formula is C23H32NP. The number of hydrogen-bond donors (Lipinski definition) is 0. The summed E-state index contributed by atoms with van der Waals surface area (Å²) in [6.45, 7) is 2.25. The van der Waals surface area contributed by atoms with Gasteiger partial charge in [-0.1, -0.05) is 64.6 Å². The first-order valence-electron chi connectivity index (χ1n) is 10.4. The van der Waals surface area contributed by atoms with Gasteiger partial charge >= 0.3 is 0 Å². The summed E-state index contributed by atoms with van der Waals surface area (Å²) in [4.78, 5) is 0. The Bertz CT molecular complexity index is 659. The van der Waals surface area contributed by atoms with E-state index in [0.717, 1.165) is 11.3 Å². The molecular weight excluding hydrogens is 321 g/mol. The van der Waals surface area contributed by atoms with Gasteiger partial charge in [0.05, 0.1) is 0 Å². The maximum Gasteiger partial charge on any atom is 0.0484 e. The highest BCUT2D eigenvalue weighted by Crippen LogP contribution is 2.55. The lowest BCUT2D eigenvalue weighted by Crippen LogP contribution is -2.29. The predicted molar refractivity (Wildman–Crippen MR) is 111 cm³/mol. The van der Waals surface area contributed by atoms with Gasteiger partial charge in [0.2, 0.25) is 0 Å². The SMILES string of the molecule is Cc1ccccc1-n1cccc1P(C1CCCCC1)C1CCCCC1. The van der Waals surface area contributed by atoms with Crippen molar-refractivity contribution in [3.8, 4) is 5.69 Å². The summed E-state index contributed by atoms with van der Waals surface area (Å²) in [5, 5.41) is 0. The molecule has 0 N–H and O–H groups in total. The van der Waals surface area contributed by atoms with Gasteiger partial charge in [-0.15, -0.1) is 0 Å². The van der Waals surface area contributed by atoms with Gasteiger partial charge < -0.3 is 4.57 Å². The van der Waals surface area contributed by atoms with Crippen molar-refractivity contribution in [1.82, 2.24) is 4.57 Å². The van der Waals surface area contributed by atoms with E-state index in [-0.39, 0.29) is 7.92 Å². The molecule has 0 unspecified atom stereocenters. The van der Waals surface area contributed by atoms with Crippen molar-refractivity contribution < 1.29 is 0 Å². The van der Waals surface area contributed by atoms with Crippen LogP contribution in [0.4, 0.5) is 0 Å². The van der Waals surface area contributed by atoms with E-state index >= 15 is 0 Å². The molecule has 2 aromatic rings. The van der Waals surface area contributed by atoms with Crippen LogP contribution < -0.4 is 5.44 Å². The summed E-state index contributed by atoms with van der Waals surface area (Å²) in [7, 11) is -0.0489. The van der Waals surface area contributed by atoms with E-state index in [4.69, 9.17) is 0 Å². The highest BCUT2D eigenvalue weighted by atomic mass is 31.1. The van der Waals surface area contributed by atoms with Crippen LogP contribution in [0.5, 0.6) is 0 Å². The fraction of sp³-hybridized carbons (Fsp3) is 0.565. The summed E-state index contributed by atoms with van der Waals surface area (Å²) < 4.78 is 2.55. The molecule has 0 bridgehead atoms. The first-order chi connectivity index (χ1) is 12.3. The summed E-state index contributed by atoms with van der Waals surface area (Å²) in [5.41, 5.74) is 6.36. The molecule has 2 aliphatic carbocycles. The van der Waals surface area contributed by atoms with Gasteiger partial charge in [0.15, 0.2) is 0 Å². The zero-order valence-corrected chi connectivity index (χ0v) is 16.6. The number of benzene rings is 1. The van der Waals surface area contributed by atoms with Crippen molar-refractivity contribution in [2.24, 2.45) is 0 Å². The van der Waals surface area contributed by atoms with Gasteiger partial charge in [0, 0.05) is 17.3 Å². The standard InChI is InChI=1S/C23H32NP/c1-19-11-8-9-16-22(19)24-18-10-17-23(24)25(20-12-4-2-5-13-20)21-14-6-3-7-15-21/h8-11,16-18,20-21H,2-7,12-15H2,1H3. The van der Waals surface area contributed by atoms with Gasteiger partial charge in [0.1, 0.15) is 0 Å². The molecule has 2 heteroatoms. The lowest BCUT2D eigenvalue weighted by atomic mass is 9.99. The Morgan fingerprint density at radius 2 is 1.36 bits per heavy atom. The first-order valence-corrected chi connectivity index (χ1v) is 11.8. The van der Waals surface area contributed by atoms with E-state index < -0.39 is 0 Å². The van der Waals surface area contributed by atoms with Crippen molar-refractivity contribution in [2.45, 2.75) is 82.4 Å². The van der Waals surface area contributed by atoms with Gasteiger partial charge in [-0.3, -0.25) is 0 Å². The van der Waals surface area contributed by atoms with E-state index in [2.05, 4.69) is 54.1 Å². The maximum absolute atomic E-state index is 2.55. The van der Waals surface area contributed by atoms with Crippen LogP contribution in [0, 0.1) is 6.92 Å². The molecule has 4 rings (SSSR count). The van der Waals surface area contributed by atoms with E-state index in [9.17, 15) is 0 Å². The second kappa shape index (κ2) is 8.09. The van der Waals surface area contributed by atoms with Gasteiger partial charge in [-0.2, -0.15) is 0 Å². The van der Waals surface area contributed by atoms with Crippen LogP contribution in [0.2, 0.25) is 0 Å². The fourth-order valence-electron chi connectivity index (χ4n) is 5.01. The molecule has 2 fully saturated rings. The van der Waals surface area contributed by atoms with Crippen LogP contribution in [0.25, 0.3) is 5.69 Å². The Balaban J connectivity index is 1.72. The third kappa shape index (κ3) is 3.72. The lowest BCUT2D eigenvalue weighted by molar-refractivity contribution is 0.486. The minimum atomic E-state index is -0.0489. The monoisotopic (exact) mass is 353 g/mol. The first kappa shape index (κ1) is 17.3. The molecule has 0 saturated heterocycles. The largest absolute Gasteiger partial charge is 0.317 e. The van der Waals surface area contributed by atoms with Crippen molar-refractivity contribution in [3.05, 3.63) is 48.2 Å². The summed E-state index contributed by atoms with van der Waals surface area (Å²) >= 11 is 0. The van der Waals surface area contributed by atoms with Gasteiger partial charge in [-0.25, -0.2) is 0 Å². The van der Waals surface area contributed by atoms with Crippen molar-refractivity contribution >= 4 is 13.4 Å². The minimum absolute atomic E-state index is 0.0489. The van der Waals surface area contributed by atoms with Gasteiger partial charge in [-0.05, 0) is 67.7 Å². The summed E-state index contributed by atoms with van der Waals surface area (Å²) in [6.07, 6.45) is 17.0. The molecule has 1 nitrogen and oxygen atoms in total. The number of aryl methyl sites for hydroxylation is 1. The van der Waals surface area contributed by atoms with Crippen LogP contribution in [0.3, 0.4) is 0 Å². The Kier molecular flexibility index (Phi) is 5.61. The number of nitrogens with zero attached hydrogens (tertiary/aromatic N) is 1. The van der Waals surface area contributed by atoms with Crippen molar-refractivity contribution in [2.75, 3.05) is 0 Å². The minimum Gasteiger partial charge on any atom is -0.317 e. The molecule has 0 aliphatic heterocycles. The highest BCUT2D eigenvalue weighted by Gasteiger charge is 2.34. The van der Waals surface area contributed by atoms with Crippen molar-refractivity contribution in [1.29, 1.82) is 0 Å². The number of hydrogen-bond acceptors (Lipinski definition) is 0. The molecule has 134 valence electrons. The van der Waals surface area contributed by atoms with Gasteiger partial charge in [0.25, 0.3) is 0 Å². The fourth-order valence-corrected chi connectivity index (χ4v) is 8.88. The highest BCUT2D eigenvalue weighted by molar-refractivity contribution is 7.66. The zero-order valence-electron chi connectivity index (χ0n) is 15.7. The Labute approximate surface area is 154 Å². The second-order valence-electron chi connectivity index (χ2n) is 8.01. The topological polar surface area (TPSA) is 4.93 Å². The smallest absolute Gasteiger partial charge is 0.0484 e. The molecule has 0 atom stereocenters. The third-order valence-electron chi connectivity index (χ3n) is 6.30. The second-order valence-corrected chi connectivity index (χ2v) is 10.7. The Morgan fingerprint density at radius 3 is 1.96 bits per heavy atom. The van der Waals surface area contributed by atoms with Crippen LogP contribution in [-0.4, -0.2) is 15.9 Å². The normalized spacial score (nSPS) is 20.2. The van der Waals surface area contributed by atoms with E-state index in [1.807, 2.05) is 0 Å². The van der Waals surface area contributed by atoms with E-state index in [1.165, 1.54) is 75.5 Å². The zero-order chi connectivity index (χ0) is 17.1. The average Bonchev–Trinajstić information content (AvgIpc) is 3.13. The molecule has 1 aromatic carbocycles. The molecule has 0 radical (unpaired) electrons. The molecule has 0 spiro atoms. The van der Waals surface area contributed by atoms with Crippen LogP contribution in [0.1, 0.15) is 69.8 Å². The van der Waals surface area contributed by atoms with E-state index in [0.29, 0.717) is 0 Å². The van der Waals surface area contributed by atoms with E-state index in [1.54, 1.807) is 5.44 Å². The van der Waals surface area contributed by atoms with Crippen LogP contribution in [-0.2, 0) is 0 Å². The third-order valence-corrected chi connectivity index (χ3v) is 9.80. The molecule has 1 heterocycles. The van der Waals surface area contributed by atoms with Crippen LogP contribution in [0.15, 0.2) is 42.6 Å². The Morgan fingerprint density at radius 1 is 0.760 bits per heavy atom. The number of aromatic nitrogens is 1.